The average Bonchev–Trinajstić information content (AvgIpc) is 3.40. The fourth-order valence-corrected chi connectivity index (χ4v) is 5.63. The van der Waals surface area contributed by atoms with E-state index >= 15 is 0 Å². The van der Waals surface area contributed by atoms with Crippen molar-refractivity contribution in [3.05, 3.63) is 101 Å². The van der Waals surface area contributed by atoms with E-state index in [1.807, 2.05) is 55.6 Å². The molecule has 2 atom stereocenters. The summed E-state index contributed by atoms with van der Waals surface area (Å²) in [5, 5.41) is 7.06. The van der Waals surface area contributed by atoms with E-state index in [9.17, 15) is 4.79 Å². The maximum atomic E-state index is 12.1. The first kappa shape index (κ1) is 26.5. The van der Waals surface area contributed by atoms with Crippen LogP contribution in [0.5, 0.6) is 0 Å². The number of pyridine rings is 2. The summed E-state index contributed by atoms with van der Waals surface area (Å²) in [7, 11) is 1.50. The zero-order valence-electron chi connectivity index (χ0n) is 22.7. The number of thiocarbonyl (C=S) groups is 1. The number of anilines is 2. The number of ether oxygens (including phenoxy) is 1. The summed E-state index contributed by atoms with van der Waals surface area (Å²) in [5.74, 6) is 0.690. The van der Waals surface area contributed by atoms with Crippen molar-refractivity contribution in [1.82, 2.24) is 19.9 Å². The van der Waals surface area contributed by atoms with Crippen molar-refractivity contribution in [2.24, 2.45) is 0 Å². The minimum atomic E-state index is -0.197. The highest BCUT2D eigenvalue weighted by atomic mass is 32.1. The van der Waals surface area contributed by atoms with Crippen molar-refractivity contribution in [1.29, 1.82) is 0 Å². The third kappa shape index (κ3) is 5.15. The van der Waals surface area contributed by atoms with Gasteiger partial charge < -0.3 is 24.8 Å². The van der Waals surface area contributed by atoms with Crippen LogP contribution in [0, 0.1) is 27.7 Å². The molecule has 0 aliphatic carbocycles. The van der Waals surface area contributed by atoms with Gasteiger partial charge in [-0.3, -0.25) is 9.78 Å². The van der Waals surface area contributed by atoms with Crippen LogP contribution in [-0.4, -0.2) is 39.3 Å². The first-order valence-corrected chi connectivity index (χ1v) is 13.2. The van der Waals surface area contributed by atoms with E-state index in [0.717, 1.165) is 51.0 Å². The molecule has 1 aliphatic rings. The molecule has 1 fully saturated rings. The Kier molecular flexibility index (Phi) is 7.45. The minimum absolute atomic E-state index is 0.000561. The topological polar surface area (TPSA) is 84.3 Å². The molecule has 4 heterocycles. The molecule has 200 valence electrons. The lowest BCUT2D eigenvalue weighted by Crippen LogP contribution is -2.29. The Morgan fingerprint density at radius 2 is 1.87 bits per heavy atom. The molecule has 0 bridgehead atoms. The molecule has 4 aromatic rings. The van der Waals surface area contributed by atoms with E-state index in [1.54, 1.807) is 6.20 Å². The Bertz CT molecular complexity index is 1530. The average molecular weight is 541 g/mol. The number of carbonyl (C=O) groups is 1. The molecule has 0 unspecified atom stereocenters. The fourth-order valence-electron chi connectivity index (χ4n) is 5.29. The first-order chi connectivity index (χ1) is 18.8. The van der Waals surface area contributed by atoms with E-state index in [2.05, 4.69) is 63.0 Å². The maximum absolute atomic E-state index is 12.1. The van der Waals surface area contributed by atoms with Gasteiger partial charge in [0.05, 0.1) is 17.8 Å². The second-order valence-electron chi connectivity index (χ2n) is 9.83. The summed E-state index contributed by atoms with van der Waals surface area (Å²) in [4.78, 5) is 23.6. The predicted molar refractivity (Wildman–Crippen MR) is 157 cm³/mol. The van der Waals surface area contributed by atoms with Gasteiger partial charge in [-0.25, -0.2) is 4.98 Å². The van der Waals surface area contributed by atoms with Gasteiger partial charge >= 0.3 is 0 Å². The molecule has 39 heavy (non-hydrogen) atoms. The summed E-state index contributed by atoms with van der Waals surface area (Å²) in [5.41, 5.74) is 7.96. The third-order valence-corrected chi connectivity index (χ3v) is 7.37. The molecule has 1 aliphatic heterocycles. The van der Waals surface area contributed by atoms with Crippen LogP contribution >= 0.6 is 12.2 Å². The number of aryl methyl sites for hydroxylation is 3. The van der Waals surface area contributed by atoms with Crippen LogP contribution in [0.2, 0.25) is 0 Å². The zero-order valence-corrected chi connectivity index (χ0v) is 23.5. The van der Waals surface area contributed by atoms with Crippen molar-refractivity contribution < 1.29 is 9.53 Å². The first-order valence-electron chi connectivity index (χ1n) is 12.8. The molecular formula is C30H32N6O2S. The van der Waals surface area contributed by atoms with Crippen LogP contribution in [0.4, 0.5) is 11.4 Å². The van der Waals surface area contributed by atoms with Gasteiger partial charge in [-0.05, 0) is 105 Å². The number of nitrogens with zero attached hydrogens (tertiary/aromatic N) is 4. The van der Waals surface area contributed by atoms with Gasteiger partial charge in [-0.15, -0.1) is 0 Å². The Morgan fingerprint density at radius 3 is 2.56 bits per heavy atom. The van der Waals surface area contributed by atoms with Crippen LogP contribution in [-0.2, 0) is 9.53 Å². The largest absolute Gasteiger partial charge is 0.375 e. The molecule has 1 aromatic carbocycles. The molecule has 8 nitrogen and oxygen atoms in total. The van der Waals surface area contributed by atoms with Crippen molar-refractivity contribution >= 4 is 34.6 Å². The van der Waals surface area contributed by atoms with Gasteiger partial charge in [-0.1, -0.05) is 6.07 Å². The number of benzene rings is 1. The van der Waals surface area contributed by atoms with Gasteiger partial charge in [0.1, 0.15) is 12.4 Å². The Labute approximate surface area is 234 Å². The molecule has 0 saturated carbocycles. The van der Waals surface area contributed by atoms with Crippen LogP contribution in [0.15, 0.2) is 67.0 Å². The van der Waals surface area contributed by atoms with Crippen molar-refractivity contribution in [2.75, 3.05) is 23.9 Å². The van der Waals surface area contributed by atoms with Gasteiger partial charge in [0, 0.05) is 42.3 Å². The lowest BCUT2D eigenvalue weighted by molar-refractivity contribution is -0.119. The number of hydrogen-bond acceptors (Lipinski definition) is 5. The van der Waals surface area contributed by atoms with Crippen LogP contribution in [0.1, 0.15) is 45.9 Å². The lowest BCUT2D eigenvalue weighted by Gasteiger charge is -2.29. The quantitative estimate of drug-likeness (QED) is 0.309. The monoisotopic (exact) mass is 540 g/mol. The number of amides is 1. The summed E-state index contributed by atoms with van der Waals surface area (Å²) < 4.78 is 7.15. The molecule has 1 saturated heterocycles. The Hall–Kier alpha value is -4.08. The molecular weight excluding hydrogens is 508 g/mol. The minimum Gasteiger partial charge on any atom is -0.375 e. The summed E-state index contributed by atoms with van der Waals surface area (Å²) in [6.45, 7) is 8.27. The molecule has 1 amide bonds. The molecule has 9 heteroatoms. The fraction of sp³-hybridized carbons (Fsp3) is 0.267. The van der Waals surface area contributed by atoms with E-state index in [1.165, 1.54) is 7.11 Å². The number of methoxy groups -OCH3 is 1. The number of hydrogen-bond donors (Lipinski definition) is 2. The Balaban J connectivity index is 1.61. The second-order valence-corrected chi connectivity index (χ2v) is 10.2. The normalized spacial score (nSPS) is 16.8. The highest BCUT2D eigenvalue weighted by Gasteiger charge is 2.42. The van der Waals surface area contributed by atoms with E-state index < -0.39 is 0 Å². The standard InChI is InChI=1S/C30H32N6O2S/c1-18-11-13-32-26(14-18)35-20(3)16-23(21(35)4)29-28(25-8-6-7-12-31-25)34-30(39)36(29)22-9-10-24(19(2)15-22)33-27(37)17-38-5/h6-16,28-29H,17H2,1-5H3,(H,33,37)(H,34,39)/t28-,29+/m1/s1. The lowest BCUT2D eigenvalue weighted by atomic mass is 9.96. The van der Waals surface area contributed by atoms with Crippen molar-refractivity contribution in [3.8, 4) is 5.82 Å². The molecule has 0 spiro atoms. The maximum Gasteiger partial charge on any atom is 0.250 e. The highest BCUT2D eigenvalue weighted by Crippen LogP contribution is 2.44. The van der Waals surface area contributed by atoms with Crippen LogP contribution < -0.4 is 15.5 Å². The Morgan fingerprint density at radius 1 is 1.05 bits per heavy atom. The van der Waals surface area contributed by atoms with Crippen molar-refractivity contribution in [3.63, 3.8) is 0 Å². The number of carbonyl (C=O) groups excluding carboxylic acids is 1. The van der Waals surface area contributed by atoms with E-state index in [-0.39, 0.29) is 24.6 Å². The van der Waals surface area contributed by atoms with Crippen molar-refractivity contribution in [2.45, 2.75) is 39.8 Å². The summed E-state index contributed by atoms with van der Waals surface area (Å²) >= 11 is 5.93. The van der Waals surface area contributed by atoms with E-state index in [4.69, 9.17) is 17.0 Å². The number of rotatable bonds is 7. The molecule has 3 aromatic heterocycles. The van der Waals surface area contributed by atoms with Gasteiger partial charge in [0.25, 0.3) is 0 Å². The SMILES string of the molecule is COCC(=O)Nc1ccc(N2C(=S)N[C@H](c3ccccn3)[C@@H]2c2cc(C)n(-c3cc(C)ccn3)c2C)cc1C. The van der Waals surface area contributed by atoms with E-state index in [0.29, 0.717) is 5.11 Å². The molecule has 0 radical (unpaired) electrons. The third-order valence-electron chi connectivity index (χ3n) is 7.05. The molecule has 5 rings (SSSR count). The number of aromatic nitrogens is 3. The predicted octanol–water partition coefficient (Wildman–Crippen LogP) is 5.26. The summed E-state index contributed by atoms with van der Waals surface area (Å²) in [6.07, 6.45) is 3.65. The van der Waals surface area contributed by atoms with Gasteiger partial charge in [0.15, 0.2) is 5.11 Å². The zero-order chi connectivity index (χ0) is 27.7. The van der Waals surface area contributed by atoms with Crippen LogP contribution in [0.3, 0.4) is 0 Å². The molecule has 2 N–H and O–H groups in total. The van der Waals surface area contributed by atoms with Gasteiger partial charge in [-0.2, -0.15) is 0 Å². The van der Waals surface area contributed by atoms with Gasteiger partial charge in [0.2, 0.25) is 5.91 Å². The smallest absolute Gasteiger partial charge is 0.250 e. The highest BCUT2D eigenvalue weighted by molar-refractivity contribution is 7.80. The van der Waals surface area contributed by atoms with Crippen LogP contribution in [0.25, 0.3) is 5.82 Å². The number of nitrogens with one attached hydrogen (secondary N) is 2. The second kappa shape index (κ2) is 11.0. The summed E-state index contributed by atoms with van der Waals surface area (Å²) in [6, 6.07) is 17.9.